The van der Waals surface area contributed by atoms with Crippen LogP contribution in [0, 0.1) is 5.92 Å². The van der Waals surface area contributed by atoms with Crippen molar-refractivity contribution in [3.8, 4) is 11.1 Å². The number of carboxylic acid groups (broad SMARTS) is 1. The Morgan fingerprint density at radius 2 is 1.42 bits per heavy atom. The van der Waals surface area contributed by atoms with Crippen LogP contribution >= 0.6 is 0 Å². The Balaban J connectivity index is 1.81. The largest absolute Gasteiger partial charge is 0.481 e. The van der Waals surface area contributed by atoms with Gasteiger partial charge in [-0.3, -0.25) is 9.69 Å². The van der Waals surface area contributed by atoms with Gasteiger partial charge in [0, 0.05) is 12.6 Å². The Bertz CT molecular complexity index is 1490. The average molecular weight is 646 g/mol. The number of benzene rings is 3. The molecule has 3 nitrogen and oxygen atoms in total. The number of hydrogen-bond donors (Lipinski definition) is 1. The van der Waals surface area contributed by atoms with Crippen LogP contribution in [0.2, 0.25) is 0 Å². The van der Waals surface area contributed by atoms with E-state index in [0.717, 1.165) is 18.2 Å². The van der Waals surface area contributed by atoms with Gasteiger partial charge in [-0.25, -0.2) is 0 Å². The SMILES string of the molecule is CC(C)CC(C(=O)O)c1cc(-c2ccc(C(F)(F)F)cc2)cc(C2CCCCN2Cc2ccc(C(F)(F)F)cc2C(F)(F)F)c1. The van der Waals surface area contributed by atoms with E-state index in [9.17, 15) is 49.4 Å². The van der Waals surface area contributed by atoms with Crippen molar-refractivity contribution < 1.29 is 49.4 Å². The first-order chi connectivity index (χ1) is 20.8. The fourth-order valence-corrected chi connectivity index (χ4v) is 5.87. The minimum absolute atomic E-state index is 0.0177. The number of piperidine rings is 1. The van der Waals surface area contributed by atoms with Gasteiger partial charge < -0.3 is 5.11 Å². The molecular weight excluding hydrogens is 613 g/mol. The van der Waals surface area contributed by atoms with Gasteiger partial charge in [0.2, 0.25) is 0 Å². The van der Waals surface area contributed by atoms with E-state index in [4.69, 9.17) is 0 Å². The molecular formula is C33H32F9NO2. The molecule has 0 saturated carbocycles. The molecule has 1 N–H and O–H groups in total. The van der Waals surface area contributed by atoms with Crippen molar-refractivity contribution in [2.75, 3.05) is 6.54 Å². The van der Waals surface area contributed by atoms with Gasteiger partial charge in [-0.1, -0.05) is 50.6 Å². The second-order valence-electron chi connectivity index (χ2n) is 11.8. The molecule has 1 heterocycles. The monoisotopic (exact) mass is 645 g/mol. The van der Waals surface area contributed by atoms with E-state index in [-0.39, 0.29) is 30.5 Å². The Hall–Kier alpha value is -3.54. The lowest BCUT2D eigenvalue weighted by atomic mass is 9.84. The minimum Gasteiger partial charge on any atom is -0.481 e. The molecule has 3 aromatic carbocycles. The van der Waals surface area contributed by atoms with Crippen LogP contribution < -0.4 is 0 Å². The summed E-state index contributed by atoms with van der Waals surface area (Å²) < 4.78 is 121. The smallest absolute Gasteiger partial charge is 0.416 e. The number of hydrogen-bond acceptors (Lipinski definition) is 2. The second kappa shape index (κ2) is 13.1. The number of halogens is 9. The number of rotatable bonds is 8. The van der Waals surface area contributed by atoms with Crippen LogP contribution in [0.15, 0.2) is 60.7 Å². The topological polar surface area (TPSA) is 40.5 Å². The zero-order valence-electron chi connectivity index (χ0n) is 24.5. The summed E-state index contributed by atoms with van der Waals surface area (Å²) in [4.78, 5) is 14.1. The van der Waals surface area contributed by atoms with Crippen molar-refractivity contribution >= 4 is 5.97 Å². The number of likely N-dealkylation sites (tertiary alicyclic amines) is 1. The van der Waals surface area contributed by atoms with Crippen LogP contribution in [0.3, 0.4) is 0 Å². The maximum atomic E-state index is 13.9. The molecule has 0 aliphatic carbocycles. The van der Waals surface area contributed by atoms with E-state index in [1.807, 2.05) is 13.8 Å². The fourth-order valence-electron chi connectivity index (χ4n) is 5.87. The summed E-state index contributed by atoms with van der Waals surface area (Å²) in [6, 6.07) is 10.4. The van der Waals surface area contributed by atoms with Crippen LogP contribution in [0.1, 0.15) is 84.9 Å². The highest BCUT2D eigenvalue weighted by Crippen LogP contribution is 2.41. The Labute approximate surface area is 254 Å². The van der Waals surface area contributed by atoms with E-state index in [1.54, 1.807) is 23.1 Å². The summed E-state index contributed by atoms with van der Waals surface area (Å²) in [7, 11) is 0. The van der Waals surface area contributed by atoms with Crippen molar-refractivity contribution in [1.29, 1.82) is 0 Å². The van der Waals surface area contributed by atoms with Gasteiger partial charge in [0.15, 0.2) is 0 Å². The van der Waals surface area contributed by atoms with Crippen molar-refractivity contribution in [2.24, 2.45) is 5.92 Å². The molecule has 1 aliphatic heterocycles. The average Bonchev–Trinajstić information content (AvgIpc) is 2.94. The zero-order chi connectivity index (χ0) is 33.3. The molecule has 244 valence electrons. The molecule has 0 radical (unpaired) electrons. The van der Waals surface area contributed by atoms with Crippen molar-refractivity contribution in [1.82, 2.24) is 4.90 Å². The third-order valence-electron chi connectivity index (χ3n) is 8.05. The maximum Gasteiger partial charge on any atom is 0.416 e. The fraction of sp³-hybridized carbons (Fsp3) is 0.424. The van der Waals surface area contributed by atoms with Gasteiger partial charge in [-0.15, -0.1) is 0 Å². The second-order valence-corrected chi connectivity index (χ2v) is 11.8. The molecule has 1 aliphatic rings. The summed E-state index contributed by atoms with van der Waals surface area (Å²) in [5.74, 6) is -2.07. The van der Waals surface area contributed by atoms with E-state index < -0.39 is 53.1 Å². The molecule has 0 bridgehead atoms. The number of nitrogens with zero attached hydrogens (tertiary/aromatic N) is 1. The van der Waals surface area contributed by atoms with Crippen LogP contribution in [0.25, 0.3) is 11.1 Å². The Kier molecular flexibility index (Phi) is 9.96. The molecule has 1 saturated heterocycles. The normalized spacial score (nSPS) is 17.5. The minimum atomic E-state index is -5.04. The molecule has 4 rings (SSSR count). The van der Waals surface area contributed by atoms with Crippen molar-refractivity contribution in [3.05, 3.63) is 94.0 Å². The first kappa shape index (κ1) is 34.3. The lowest BCUT2D eigenvalue weighted by molar-refractivity contribution is -0.144. The van der Waals surface area contributed by atoms with Crippen LogP contribution in [-0.2, 0) is 29.9 Å². The predicted octanol–water partition coefficient (Wildman–Crippen LogP) is 10.4. The van der Waals surface area contributed by atoms with Crippen LogP contribution in [0.5, 0.6) is 0 Å². The first-order valence-corrected chi connectivity index (χ1v) is 14.4. The van der Waals surface area contributed by atoms with Crippen molar-refractivity contribution in [3.63, 3.8) is 0 Å². The summed E-state index contributed by atoms with van der Waals surface area (Å²) >= 11 is 0. The van der Waals surface area contributed by atoms with Crippen molar-refractivity contribution in [2.45, 2.75) is 76.6 Å². The molecule has 3 aromatic rings. The van der Waals surface area contributed by atoms with Gasteiger partial charge in [0.25, 0.3) is 0 Å². The van der Waals surface area contributed by atoms with Gasteiger partial charge in [-0.2, -0.15) is 39.5 Å². The standard InChI is InChI=1S/C33H32F9NO2/c1-19(2)13-27(30(44)45)23-14-22(20-6-9-25(10-7-20)31(34,35)36)15-24(16-23)29-5-3-4-12-43(29)18-21-8-11-26(32(37,38)39)17-28(21)33(40,41)42/h6-11,14-17,19,27,29H,3-5,12-13,18H2,1-2H3,(H,44,45). The Morgan fingerprint density at radius 3 is 1.98 bits per heavy atom. The lowest BCUT2D eigenvalue weighted by Crippen LogP contribution is -2.34. The molecule has 1 fully saturated rings. The molecule has 0 aromatic heterocycles. The highest BCUT2D eigenvalue weighted by molar-refractivity contribution is 5.78. The zero-order valence-corrected chi connectivity index (χ0v) is 24.5. The number of alkyl halides is 9. The summed E-state index contributed by atoms with van der Waals surface area (Å²) in [5.41, 5.74) is -2.17. The van der Waals surface area contributed by atoms with Crippen LogP contribution in [0.4, 0.5) is 39.5 Å². The van der Waals surface area contributed by atoms with Gasteiger partial charge in [-0.05, 0) is 89.9 Å². The molecule has 12 heteroatoms. The van der Waals surface area contributed by atoms with Gasteiger partial charge >= 0.3 is 24.5 Å². The Morgan fingerprint density at radius 1 is 0.800 bits per heavy atom. The predicted molar refractivity (Wildman–Crippen MR) is 150 cm³/mol. The molecule has 0 amide bonds. The quantitative estimate of drug-likeness (QED) is 0.248. The highest BCUT2D eigenvalue weighted by Gasteiger charge is 2.39. The lowest BCUT2D eigenvalue weighted by Gasteiger charge is -2.37. The molecule has 2 unspecified atom stereocenters. The van der Waals surface area contributed by atoms with E-state index in [0.29, 0.717) is 54.1 Å². The van der Waals surface area contributed by atoms with E-state index in [2.05, 4.69) is 0 Å². The number of carbonyl (C=O) groups is 1. The van der Waals surface area contributed by atoms with Gasteiger partial charge in [0.05, 0.1) is 22.6 Å². The van der Waals surface area contributed by atoms with Gasteiger partial charge in [0.1, 0.15) is 0 Å². The summed E-state index contributed by atoms with van der Waals surface area (Å²) in [5, 5.41) is 10.1. The van der Waals surface area contributed by atoms with Crippen LogP contribution in [-0.4, -0.2) is 22.5 Å². The molecule has 45 heavy (non-hydrogen) atoms. The maximum absolute atomic E-state index is 13.9. The summed E-state index contributed by atoms with van der Waals surface area (Å²) in [6.07, 6.45) is -12.5. The third kappa shape index (κ3) is 8.39. The molecule has 2 atom stereocenters. The van der Waals surface area contributed by atoms with E-state index in [1.165, 1.54) is 12.1 Å². The van der Waals surface area contributed by atoms with E-state index >= 15 is 0 Å². The number of carboxylic acids is 1. The summed E-state index contributed by atoms with van der Waals surface area (Å²) in [6.45, 7) is 3.71. The third-order valence-corrected chi connectivity index (χ3v) is 8.05. The molecule has 0 spiro atoms. The first-order valence-electron chi connectivity index (χ1n) is 14.4. The number of aliphatic carboxylic acids is 1. The highest BCUT2D eigenvalue weighted by atomic mass is 19.4.